The van der Waals surface area contributed by atoms with Crippen LogP contribution in [0.15, 0.2) is 11.6 Å². The largest absolute Gasteiger partial charge is 0.469 e. The summed E-state index contributed by atoms with van der Waals surface area (Å²) in [6.45, 7) is 17.9. The predicted octanol–water partition coefficient (Wildman–Crippen LogP) is 1.88. The van der Waals surface area contributed by atoms with Crippen molar-refractivity contribution >= 4 is 11.8 Å². The number of allylic oxidation sites excluding steroid dienone is 2. The SMILES string of the molecule is COC(=O)[C@]12CC[C@@H](C)[C@H](C)[C@H]1C1=CC(=O)[C@@H]3[C@@]4(C)CC[C@H](O[C@@H]5O[C@H](CO)[C@@H](O[C@@H]6O[C@@H](C)[C@H](O)[C@@H](O)[C@H]6O)[C@H](O)[C@H]5O[C@@H]5O[C@@H](C)[C@H](O)[C@@H](O)[C@H]5O)C(C)(C)[C@@H]4CC[C@@]3(C)[C@]1(C)CC2. The summed E-state index contributed by atoms with van der Waals surface area (Å²) in [5, 5.41) is 86.7. The molecule has 3 heterocycles. The Hall–Kier alpha value is -1.68. The van der Waals surface area contributed by atoms with Crippen LogP contribution in [0.5, 0.6) is 0 Å². The molecule has 0 bridgehead atoms. The Morgan fingerprint density at radius 2 is 1.27 bits per heavy atom. The predicted molar refractivity (Wildman–Crippen MR) is 232 cm³/mol. The molecule has 0 spiro atoms. The lowest BCUT2D eigenvalue weighted by atomic mass is 9.33. The summed E-state index contributed by atoms with van der Waals surface area (Å²) in [4.78, 5) is 28.9. The first kappa shape index (κ1) is 50.7. The Kier molecular flexibility index (Phi) is 13.7. The van der Waals surface area contributed by atoms with Crippen LogP contribution in [0.2, 0.25) is 0 Å². The van der Waals surface area contributed by atoms with Gasteiger partial charge in [-0.25, -0.2) is 0 Å². The van der Waals surface area contributed by atoms with Gasteiger partial charge < -0.3 is 74.0 Å². The number of hydrogen-bond donors (Lipinski definition) is 8. The van der Waals surface area contributed by atoms with E-state index in [0.717, 1.165) is 37.7 Å². The molecule has 25 atom stereocenters. The molecule has 0 aromatic heterocycles. The first-order valence-corrected chi connectivity index (χ1v) is 24.5. The molecule has 3 aliphatic heterocycles. The zero-order chi connectivity index (χ0) is 48.4. The molecular weight excluding hydrogens is 861 g/mol. The van der Waals surface area contributed by atoms with E-state index < -0.39 is 126 Å². The summed E-state index contributed by atoms with van der Waals surface area (Å²) in [6, 6.07) is 0. The maximum absolute atomic E-state index is 15.1. The standard InChI is InChI=1S/C49H78O17/c1-21-11-16-49(44(59)60-10)18-17-47(8)25(30(49)22(21)2)19-26(51)40-46(7)14-13-29(45(5,6)28(46)12-15-48(40,47)9)64-43-39(66-42-36(57)34(55)32(53)24(4)62-42)37(58)38(27(20-50)63-43)65-41-35(56)33(54)31(52)23(3)61-41/h19,21-24,27-43,50,52-58H,11-18,20H2,1-10H3/t21-,22+,23+,24+,27-,28+,29+,30+,31+,32+,33-,34-,35-,36-,37+,38-,39-,40-,41+,42+,43+,46+,47-,48-,49+/m1/s1. The van der Waals surface area contributed by atoms with E-state index in [2.05, 4.69) is 48.5 Å². The molecule has 376 valence electrons. The van der Waals surface area contributed by atoms with Gasteiger partial charge in [0, 0.05) is 5.92 Å². The minimum absolute atomic E-state index is 0.0250. The molecule has 17 heteroatoms. The van der Waals surface area contributed by atoms with Crippen molar-refractivity contribution in [3.8, 4) is 0 Å². The summed E-state index contributed by atoms with van der Waals surface area (Å²) in [6.07, 6.45) is -15.1. The van der Waals surface area contributed by atoms with Crippen LogP contribution in [-0.2, 0) is 42.7 Å². The molecule has 3 saturated heterocycles. The van der Waals surface area contributed by atoms with Gasteiger partial charge in [-0.1, -0.05) is 54.0 Å². The minimum atomic E-state index is -1.77. The van der Waals surface area contributed by atoms with E-state index in [0.29, 0.717) is 25.2 Å². The van der Waals surface area contributed by atoms with Crippen LogP contribution in [0.3, 0.4) is 0 Å². The Labute approximate surface area is 388 Å². The second-order valence-electron chi connectivity index (χ2n) is 23.0. The zero-order valence-corrected chi connectivity index (χ0v) is 40.3. The molecule has 0 radical (unpaired) electrons. The molecule has 0 unspecified atom stereocenters. The summed E-state index contributed by atoms with van der Waals surface area (Å²) in [5.74, 6) is 0.104. The summed E-state index contributed by atoms with van der Waals surface area (Å²) in [7, 11) is 1.48. The van der Waals surface area contributed by atoms with Gasteiger partial charge in [-0.15, -0.1) is 0 Å². The number of rotatable bonds is 8. The van der Waals surface area contributed by atoms with E-state index in [4.69, 9.17) is 33.2 Å². The number of esters is 1. The van der Waals surface area contributed by atoms with Crippen molar-refractivity contribution in [2.24, 2.45) is 56.7 Å². The van der Waals surface area contributed by atoms with Crippen molar-refractivity contribution in [2.75, 3.05) is 13.7 Å². The van der Waals surface area contributed by atoms with Crippen molar-refractivity contribution in [2.45, 2.75) is 212 Å². The number of methoxy groups -OCH3 is 1. The van der Waals surface area contributed by atoms with Crippen molar-refractivity contribution in [3.63, 3.8) is 0 Å². The van der Waals surface area contributed by atoms with Crippen molar-refractivity contribution < 1.29 is 83.6 Å². The van der Waals surface area contributed by atoms with Crippen LogP contribution in [0, 0.1) is 56.7 Å². The maximum Gasteiger partial charge on any atom is 0.312 e. The van der Waals surface area contributed by atoms with E-state index in [1.54, 1.807) is 0 Å². The average molecular weight is 939 g/mol. The number of ketones is 1. The van der Waals surface area contributed by atoms with Crippen molar-refractivity contribution in [1.82, 2.24) is 0 Å². The lowest BCUT2D eigenvalue weighted by Crippen LogP contribution is -2.68. The van der Waals surface area contributed by atoms with Crippen LogP contribution >= 0.6 is 0 Å². The van der Waals surface area contributed by atoms with Gasteiger partial charge in [0.25, 0.3) is 0 Å². The molecular formula is C49H78O17. The van der Waals surface area contributed by atoms with Gasteiger partial charge in [-0.05, 0) is 117 Å². The Morgan fingerprint density at radius 3 is 1.85 bits per heavy atom. The molecule has 4 saturated carbocycles. The van der Waals surface area contributed by atoms with Gasteiger partial charge in [0.15, 0.2) is 24.7 Å². The lowest BCUT2D eigenvalue weighted by molar-refractivity contribution is -0.393. The maximum atomic E-state index is 15.1. The smallest absolute Gasteiger partial charge is 0.312 e. The minimum Gasteiger partial charge on any atom is -0.469 e. The summed E-state index contributed by atoms with van der Waals surface area (Å²) < 4.78 is 42.6. The van der Waals surface area contributed by atoms with E-state index in [9.17, 15) is 45.6 Å². The second-order valence-corrected chi connectivity index (χ2v) is 23.0. The molecule has 0 amide bonds. The first-order valence-electron chi connectivity index (χ1n) is 24.5. The van der Waals surface area contributed by atoms with Crippen LogP contribution < -0.4 is 0 Å². The number of carbonyl (C=O) groups is 2. The fraction of sp³-hybridized carbons (Fsp3) is 0.918. The third-order valence-corrected chi connectivity index (χ3v) is 19.6. The molecule has 8 N–H and O–H groups in total. The van der Waals surface area contributed by atoms with Crippen LogP contribution in [0.4, 0.5) is 0 Å². The topological polar surface area (TPSA) is 261 Å². The molecule has 0 aromatic rings. The molecule has 5 aliphatic carbocycles. The van der Waals surface area contributed by atoms with Crippen molar-refractivity contribution in [1.29, 1.82) is 0 Å². The summed E-state index contributed by atoms with van der Waals surface area (Å²) in [5.41, 5.74) is -1.33. The number of hydrogen-bond acceptors (Lipinski definition) is 17. The Balaban J connectivity index is 1.08. The highest BCUT2D eigenvalue weighted by molar-refractivity contribution is 5.96. The zero-order valence-electron chi connectivity index (χ0n) is 40.3. The molecule has 0 aromatic carbocycles. The van der Waals surface area contributed by atoms with Crippen molar-refractivity contribution in [3.05, 3.63) is 11.6 Å². The van der Waals surface area contributed by atoms with Gasteiger partial charge in [0.1, 0.15) is 61.0 Å². The Bertz CT molecular complexity index is 1850. The third-order valence-electron chi connectivity index (χ3n) is 19.6. The Morgan fingerprint density at radius 1 is 0.682 bits per heavy atom. The van der Waals surface area contributed by atoms with E-state index >= 15 is 4.79 Å². The first-order chi connectivity index (χ1) is 30.8. The quantitative estimate of drug-likeness (QED) is 0.128. The van der Waals surface area contributed by atoms with E-state index in [1.807, 2.05) is 6.08 Å². The van der Waals surface area contributed by atoms with Crippen LogP contribution in [-0.4, -0.2) is 165 Å². The highest BCUT2D eigenvalue weighted by Gasteiger charge is 2.72. The molecule has 8 rings (SSSR count). The fourth-order valence-corrected chi connectivity index (χ4v) is 15.3. The number of ether oxygens (including phenoxy) is 7. The van der Waals surface area contributed by atoms with Crippen LogP contribution in [0.1, 0.15) is 114 Å². The number of carbonyl (C=O) groups excluding carboxylic acids is 2. The van der Waals surface area contributed by atoms with Gasteiger partial charge >= 0.3 is 5.97 Å². The number of fused-ring (bicyclic) bond motifs is 7. The number of aliphatic hydroxyl groups is 8. The van der Waals surface area contributed by atoms with E-state index in [1.165, 1.54) is 21.0 Å². The fourth-order valence-electron chi connectivity index (χ4n) is 15.3. The van der Waals surface area contributed by atoms with Crippen LogP contribution in [0.25, 0.3) is 0 Å². The van der Waals surface area contributed by atoms with Gasteiger partial charge in [-0.3, -0.25) is 9.59 Å². The molecule has 8 aliphatic rings. The lowest BCUT2D eigenvalue weighted by Gasteiger charge is -2.70. The molecule has 7 fully saturated rings. The normalized spacial score (nSPS) is 54.8. The van der Waals surface area contributed by atoms with Gasteiger partial charge in [0.05, 0.1) is 37.4 Å². The highest BCUT2D eigenvalue weighted by atomic mass is 16.8. The average Bonchev–Trinajstić information content (AvgIpc) is 3.27. The second kappa shape index (κ2) is 17.9. The number of aliphatic hydroxyl groups excluding tert-OH is 8. The molecule has 66 heavy (non-hydrogen) atoms. The van der Waals surface area contributed by atoms with Gasteiger partial charge in [-0.2, -0.15) is 0 Å². The summed E-state index contributed by atoms with van der Waals surface area (Å²) >= 11 is 0. The van der Waals surface area contributed by atoms with Gasteiger partial charge in [0.2, 0.25) is 0 Å². The third kappa shape index (κ3) is 7.54. The van der Waals surface area contributed by atoms with E-state index in [-0.39, 0.29) is 40.8 Å². The highest BCUT2D eigenvalue weighted by Crippen LogP contribution is 2.75. The molecule has 17 nitrogen and oxygen atoms in total. The monoisotopic (exact) mass is 939 g/mol.